The first-order valence-corrected chi connectivity index (χ1v) is 9.88. The van der Waals surface area contributed by atoms with Crippen LogP contribution in [-0.4, -0.2) is 48.3 Å². The number of aromatic amines is 1. The fourth-order valence-corrected chi connectivity index (χ4v) is 3.36. The number of esters is 1. The number of aromatic nitrogens is 2. The predicted octanol–water partition coefficient (Wildman–Crippen LogP) is 3.26. The molecule has 0 amide bonds. The summed E-state index contributed by atoms with van der Waals surface area (Å²) in [7, 11) is 3.75. The van der Waals surface area contributed by atoms with Crippen molar-refractivity contribution in [2.45, 2.75) is 12.3 Å². The zero-order chi connectivity index (χ0) is 21.0. The molecule has 0 saturated carbocycles. The van der Waals surface area contributed by atoms with E-state index < -0.39 is 17.7 Å². The summed E-state index contributed by atoms with van der Waals surface area (Å²) in [6.45, 7) is 0.761. The monoisotopic (exact) mass is 461 g/mol. The van der Waals surface area contributed by atoms with Crippen molar-refractivity contribution in [2.75, 3.05) is 27.2 Å². The second-order valence-corrected chi connectivity index (χ2v) is 7.86. The summed E-state index contributed by atoms with van der Waals surface area (Å²) in [6.07, 6.45) is 0.0585. The molecule has 8 heteroatoms. The summed E-state index contributed by atoms with van der Waals surface area (Å²) in [5, 5.41) is 7.53. The molecule has 0 bridgehead atoms. The van der Waals surface area contributed by atoms with Crippen LogP contribution in [-0.2, 0) is 16.0 Å². The van der Waals surface area contributed by atoms with Crippen molar-refractivity contribution in [3.8, 4) is 0 Å². The number of nitrogens with zero attached hydrogens (tertiary/aromatic N) is 2. The minimum Gasteiger partial charge on any atom is -0.464 e. The van der Waals surface area contributed by atoms with Crippen molar-refractivity contribution in [3.63, 3.8) is 0 Å². The van der Waals surface area contributed by atoms with Crippen molar-refractivity contribution >= 4 is 32.7 Å². The molecule has 0 saturated heterocycles. The molecule has 1 N–H and O–H groups in total. The van der Waals surface area contributed by atoms with Crippen LogP contribution in [0.25, 0.3) is 10.8 Å². The fourth-order valence-electron chi connectivity index (χ4n) is 3.03. The number of ether oxygens (including phenoxy) is 1. The maximum atomic E-state index is 14.5. The maximum Gasteiger partial charge on any atom is 0.315 e. The minimum absolute atomic E-state index is 0.0585. The minimum atomic E-state index is -0.866. The van der Waals surface area contributed by atoms with Gasteiger partial charge in [0.1, 0.15) is 18.3 Å². The molecule has 3 aromatic rings. The van der Waals surface area contributed by atoms with Gasteiger partial charge in [0.25, 0.3) is 5.56 Å². The number of fused-ring (bicyclic) bond motifs is 1. The molecule has 0 aliphatic carbocycles. The summed E-state index contributed by atoms with van der Waals surface area (Å²) in [5.41, 5.74) is 0.371. The normalized spacial score (nSPS) is 12.3. The van der Waals surface area contributed by atoms with E-state index in [1.54, 1.807) is 36.4 Å². The van der Waals surface area contributed by atoms with Gasteiger partial charge in [0.05, 0.1) is 11.1 Å². The molecule has 1 unspecified atom stereocenters. The van der Waals surface area contributed by atoms with Gasteiger partial charge in [-0.25, -0.2) is 9.49 Å². The van der Waals surface area contributed by atoms with Crippen molar-refractivity contribution in [2.24, 2.45) is 0 Å². The van der Waals surface area contributed by atoms with Gasteiger partial charge in [-0.2, -0.15) is 5.10 Å². The number of halogens is 2. The van der Waals surface area contributed by atoms with Gasteiger partial charge < -0.3 is 9.64 Å². The number of benzene rings is 2. The number of hydrogen-bond donors (Lipinski definition) is 1. The first-order chi connectivity index (χ1) is 13.9. The zero-order valence-electron chi connectivity index (χ0n) is 16.1. The van der Waals surface area contributed by atoms with E-state index in [1.807, 2.05) is 19.0 Å². The number of carbonyl (C=O) groups excluding carboxylic acids is 1. The van der Waals surface area contributed by atoms with Gasteiger partial charge in [0, 0.05) is 16.4 Å². The summed E-state index contributed by atoms with van der Waals surface area (Å²) in [6, 6.07) is 11.6. The molecule has 0 fully saturated rings. The Morgan fingerprint density at radius 1 is 1.24 bits per heavy atom. The summed E-state index contributed by atoms with van der Waals surface area (Å²) in [4.78, 5) is 26.9. The molecule has 3 rings (SSSR count). The third kappa shape index (κ3) is 5.07. The summed E-state index contributed by atoms with van der Waals surface area (Å²) >= 11 is 3.24. The van der Waals surface area contributed by atoms with E-state index in [0.29, 0.717) is 33.0 Å². The predicted molar refractivity (Wildman–Crippen MR) is 112 cm³/mol. The highest BCUT2D eigenvalue weighted by Gasteiger charge is 2.28. The highest BCUT2D eigenvalue weighted by Crippen LogP contribution is 2.28. The highest BCUT2D eigenvalue weighted by molar-refractivity contribution is 9.10. The number of nitrogens with one attached hydrogen (secondary N) is 1. The lowest BCUT2D eigenvalue weighted by Crippen LogP contribution is -2.26. The first kappa shape index (κ1) is 21.1. The van der Waals surface area contributed by atoms with Crippen LogP contribution in [0.2, 0.25) is 0 Å². The molecular formula is C21H21BrFN3O3. The zero-order valence-corrected chi connectivity index (χ0v) is 17.7. The lowest BCUT2D eigenvalue weighted by Gasteiger charge is -2.18. The molecular weight excluding hydrogens is 441 g/mol. The van der Waals surface area contributed by atoms with E-state index in [9.17, 15) is 14.0 Å². The molecule has 0 aliphatic rings. The van der Waals surface area contributed by atoms with Crippen LogP contribution in [0, 0.1) is 5.82 Å². The van der Waals surface area contributed by atoms with Crippen LogP contribution in [0.5, 0.6) is 0 Å². The molecule has 152 valence electrons. The van der Waals surface area contributed by atoms with E-state index in [2.05, 4.69) is 26.1 Å². The number of hydrogen-bond acceptors (Lipinski definition) is 5. The average Bonchev–Trinajstić information content (AvgIpc) is 2.68. The average molecular weight is 462 g/mol. The van der Waals surface area contributed by atoms with Gasteiger partial charge >= 0.3 is 5.97 Å². The van der Waals surface area contributed by atoms with Crippen LogP contribution >= 0.6 is 15.9 Å². The van der Waals surface area contributed by atoms with E-state index >= 15 is 0 Å². The number of carbonyl (C=O) groups is 1. The van der Waals surface area contributed by atoms with Gasteiger partial charge in [-0.05, 0) is 44.3 Å². The lowest BCUT2D eigenvalue weighted by atomic mass is 9.93. The van der Waals surface area contributed by atoms with Crippen molar-refractivity contribution in [1.29, 1.82) is 0 Å². The van der Waals surface area contributed by atoms with E-state index in [-0.39, 0.29) is 18.6 Å². The Morgan fingerprint density at radius 3 is 2.66 bits per heavy atom. The number of likely N-dealkylation sites (N-methyl/N-ethyl adjacent to an activating group) is 1. The molecule has 1 atom stereocenters. The lowest BCUT2D eigenvalue weighted by molar-refractivity contribution is -0.145. The third-order valence-corrected chi connectivity index (χ3v) is 5.06. The molecule has 0 radical (unpaired) electrons. The third-order valence-electron chi connectivity index (χ3n) is 4.56. The molecule has 6 nitrogen and oxygen atoms in total. The second kappa shape index (κ2) is 9.28. The quantitative estimate of drug-likeness (QED) is 0.546. The molecule has 29 heavy (non-hydrogen) atoms. The standard InChI is InChI=1S/C21H21BrFN3O3/c1-26(2)9-10-29-21(28)17(11-13-7-8-14(22)12-18(13)23)19-15-5-3-4-6-16(15)20(27)25-24-19/h3-8,12,17H,9-11H2,1-2H3,(H,25,27). The molecule has 1 aromatic heterocycles. The Labute approximate surface area is 175 Å². The number of rotatable bonds is 7. The fraction of sp³-hybridized carbons (Fsp3) is 0.286. The Bertz CT molecular complexity index is 1080. The van der Waals surface area contributed by atoms with Crippen LogP contribution in [0.4, 0.5) is 4.39 Å². The van der Waals surface area contributed by atoms with Crippen LogP contribution in [0.3, 0.4) is 0 Å². The Balaban J connectivity index is 2.02. The maximum absolute atomic E-state index is 14.5. The molecule has 2 aromatic carbocycles. The van der Waals surface area contributed by atoms with Gasteiger partial charge in [-0.3, -0.25) is 9.59 Å². The van der Waals surface area contributed by atoms with E-state index in [4.69, 9.17) is 4.74 Å². The van der Waals surface area contributed by atoms with Gasteiger partial charge in [0.2, 0.25) is 0 Å². The summed E-state index contributed by atoms with van der Waals surface area (Å²) < 4.78 is 20.5. The van der Waals surface area contributed by atoms with Crippen LogP contribution in [0.1, 0.15) is 17.2 Å². The second-order valence-electron chi connectivity index (χ2n) is 6.95. The van der Waals surface area contributed by atoms with Crippen LogP contribution < -0.4 is 5.56 Å². The van der Waals surface area contributed by atoms with Gasteiger partial charge in [0.15, 0.2) is 0 Å². The highest BCUT2D eigenvalue weighted by atomic mass is 79.9. The Hall–Kier alpha value is -2.58. The Kier molecular flexibility index (Phi) is 6.76. The number of H-pyrrole nitrogens is 1. The smallest absolute Gasteiger partial charge is 0.315 e. The topological polar surface area (TPSA) is 75.3 Å². The van der Waals surface area contributed by atoms with Crippen molar-refractivity contribution < 1.29 is 13.9 Å². The SMILES string of the molecule is CN(C)CCOC(=O)C(Cc1ccc(Br)cc1F)c1n[nH]c(=O)c2ccccc12. The first-order valence-electron chi connectivity index (χ1n) is 9.09. The van der Waals surface area contributed by atoms with E-state index in [0.717, 1.165) is 0 Å². The molecule has 1 heterocycles. The molecule has 0 spiro atoms. The summed E-state index contributed by atoms with van der Waals surface area (Å²) in [5.74, 6) is -1.81. The Morgan fingerprint density at radius 2 is 1.97 bits per heavy atom. The van der Waals surface area contributed by atoms with Gasteiger partial charge in [-0.15, -0.1) is 0 Å². The van der Waals surface area contributed by atoms with Crippen molar-refractivity contribution in [3.05, 3.63) is 74.4 Å². The van der Waals surface area contributed by atoms with E-state index in [1.165, 1.54) is 6.07 Å². The van der Waals surface area contributed by atoms with Crippen LogP contribution in [0.15, 0.2) is 51.7 Å². The van der Waals surface area contributed by atoms with Crippen molar-refractivity contribution in [1.82, 2.24) is 15.1 Å². The largest absolute Gasteiger partial charge is 0.464 e. The van der Waals surface area contributed by atoms with Gasteiger partial charge in [-0.1, -0.05) is 40.2 Å². The molecule has 0 aliphatic heterocycles.